The van der Waals surface area contributed by atoms with E-state index in [0.717, 1.165) is 44.1 Å². The number of fused-ring (bicyclic) bond motifs is 6. The smallest absolute Gasteiger partial charge is 0.331 e. The van der Waals surface area contributed by atoms with Crippen molar-refractivity contribution in [3.05, 3.63) is 23.8 Å². The number of hydrogen-bond donors (Lipinski definition) is 0. The van der Waals surface area contributed by atoms with Crippen LogP contribution in [0.5, 0.6) is 0 Å². The van der Waals surface area contributed by atoms with Crippen LogP contribution in [-0.4, -0.2) is 30.6 Å². The summed E-state index contributed by atoms with van der Waals surface area (Å²) in [5.74, 6) is 2.00. The standard InChI is InChI=1S/C27H38O4/c1-25-12-8-19(30-24-5-3-4-16-29-24)17-18(25)6-7-20-21(25)9-13-26(2)22(20)10-14-27(26)15-11-23(28)31-27/h6,11,15,19-22,24H,3-5,7-10,12-14,16-17H2,1-2H3/t19-,20?,21?,22?,24?,25-,26-,27+/m0/s1. The second-order valence-electron chi connectivity index (χ2n) is 11.7. The van der Waals surface area contributed by atoms with Gasteiger partial charge < -0.3 is 14.2 Å². The fourth-order valence-corrected chi connectivity index (χ4v) is 8.70. The Kier molecular flexibility index (Phi) is 4.74. The summed E-state index contributed by atoms with van der Waals surface area (Å²) >= 11 is 0. The highest BCUT2D eigenvalue weighted by molar-refractivity contribution is 5.85. The molecule has 0 N–H and O–H groups in total. The van der Waals surface area contributed by atoms with Crippen molar-refractivity contribution in [1.82, 2.24) is 0 Å². The predicted molar refractivity (Wildman–Crippen MR) is 118 cm³/mol. The number of ether oxygens (including phenoxy) is 3. The fraction of sp³-hybridized carbons (Fsp3) is 0.815. The SMILES string of the molecule is C[C@]12CC[C@H](OC3CCCCO3)CC1=CCC1C2CC[C@@]2(C)C1CC[C@@]21C=CC(=O)O1. The Balaban J connectivity index is 1.21. The van der Waals surface area contributed by atoms with E-state index in [2.05, 4.69) is 26.0 Å². The molecule has 0 radical (unpaired) electrons. The van der Waals surface area contributed by atoms with Crippen molar-refractivity contribution < 1.29 is 19.0 Å². The molecule has 2 heterocycles. The third-order valence-electron chi connectivity index (χ3n) is 10.5. The van der Waals surface area contributed by atoms with E-state index in [1.165, 1.54) is 44.9 Å². The maximum atomic E-state index is 12.0. The molecule has 4 nitrogen and oxygen atoms in total. The minimum Gasteiger partial charge on any atom is -0.451 e. The van der Waals surface area contributed by atoms with Crippen LogP contribution in [0, 0.1) is 28.6 Å². The molecular weight excluding hydrogens is 388 g/mol. The van der Waals surface area contributed by atoms with Crippen LogP contribution in [0.15, 0.2) is 23.8 Å². The molecule has 0 amide bonds. The first kappa shape index (κ1) is 20.5. The summed E-state index contributed by atoms with van der Waals surface area (Å²) < 4.78 is 18.2. The van der Waals surface area contributed by atoms with Crippen LogP contribution in [-0.2, 0) is 19.0 Å². The molecule has 31 heavy (non-hydrogen) atoms. The zero-order chi connectivity index (χ0) is 21.3. The van der Waals surface area contributed by atoms with Crippen LogP contribution in [0.4, 0.5) is 0 Å². The summed E-state index contributed by atoms with van der Waals surface area (Å²) in [5.41, 5.74) is 1.73. The largest absolute Gasteiger partial charge is 0.451 e. The van der Waals surface area contributed by atoms with Gasteiger partial charge in [-0.15, -0.1) is 0 Å². The Labute approximate surface area is 186 Å². The second-order valence-corrected chi connectivity index (χ2v) is 11.7. The summed E-state index contributed by atoms with van der Waals surface area (Å²) in [4.78, 5) is 12.0. The maximum absolute atomic E-state index is 12.0. The van der Waals surface area contributed by atoms with Crippen molar-refractivity contribution >= 4 is 5.97 Å². The molecule has 170 valence electrons. The number of esters is 1. The van der Waals surface area contributed by atoms with E-state index < -0.39 is 0 Å². The van der Waals surface area contributed by atoms with E-state index in [9.17, 15) is 4.79 Å². The fourth-order valence-electron chi connectivity index (χ4n) is 8.70. The Bertz CT molecular complexity index is 810. The Morgan fingerprint density at radius 2 is 1.90 bits per heavy atom. The molecule has 0 aromatic carbocycles. The molecular formula is C27H38O4. The van der Waals surface area contributed by atoms with Gasteiger partial charge in [-0.3, -0.25) is 0 Å². The molecule has 4 fully saturated rings. The highest BCUT2D eigenvalue weighted by atomic mass is 16.7. The summed E-state index contributed by atoms with van der Waals surface area (Å²) in [6.45, 7) is 5.82. The van der Waals surface area contributed by atoms with Crippen molar-refractivity contribution in [2.75, 3.05) is 6.61 Å². The van der Waals surface area contributed by atoms with Gasteiger partial charge in [0.2, 0.25) is 0 Å². The number of carbonyl (C=O) groups is 1. The van der Waals surface area contributed by atoms with Gasteiger partial charge in [-0.1, -0.05) is 25.5 Å². The summed E-state index contributed by atoms with van der Waals surface area (Å²) in [5, 5.41) is 0. The van der Waals surface area contributed by atoms with E-state index >= 15 is 0 Å². The highest BCUT2D eigenvalue weighted by Gasteiger charge is 2.65. The Morgan fingerprint density at radius 1 is 1.03 bits per heavy atom. The number of hydrogen-bond acceptors (Lipinski definition) is 4. The quantitative estimate of drug-likeness (QED) is 0.419. The van der Waals surface area contributed by atoms with Gasteiger partial charge >= 0.3 is 5.97 Å². The van der Waals surface area contributed by atoms with Crippen LogP contribution in [0.25, 0.3) is 0 Å². The van der Waals surface area contributed by atoms with Crippen LogP contribution in [0.3, 0.4) is 0 Å². The van der Waals surface area contributed by atoms with Gasteiger partial charge in [-0.2, -0.15) is 0 Å². The third-order valence-corrected chi connectivity index (χ3v) is 10.5. The second kappa shape index (κ2) is 7.18. The molecule has 0 aromatic rings. The first-order chi connectivity index (χ1) is 14.9. The van der Waals surface area contributed by atoms with Gasteiger partial charge in [0.1, 0.15) is 5.60 Å². The summed E-state index contributed by atoms with van der Waals surface area (Å²) in [6, 6.07) is 0. The van der Waals surface area contributed by atoms with Gasteiger partial charge in [0.15, 0.2) is 6.29 Å². The average Bonchev–Trinajstić information content (AvgIpc) is 3.29. The zero-order valence-electron chi connectivity index (χ0n) is 19.2. The summed E-state index contributed by atoms with van der Waals surface area (Å²) in [7, 11) is 0. The number of allylic oxidation sites excluding steroid dienone is 1. The minimum absolute atomic E-state index is 0.0206. The molecule has 2 aliphatic heterocycles. The third kappa shape index (κ3) is 2.96. The normalized spacial score (nSPS) is 51.1. The minimum atomic E-state index is -0.337. The zero-order valence-corrected chi connectivity index (χ0v) is 19.2. The molecule has 0 bridgehead atoms. The molecule has 1 saturated heterocycles. The van der Waals surface area contributed by atoms with Gasteiger partial charge in [0.25, 0.3) is 0 Å². The monoisotopic (exact) mass is 426 g/mol. The Hall–Kier alpha value is -1.13. The van der Waals surface area contributed by atoms with Crippen molar-refractivity contribution in [2.45, 2.75) is 102 Å². The van der Waals surface area contributed by atoms with Gasteiger partial charge in [0.05, 0.1) is 6.10 Å². The van der Waals surface area contributed by atoms with Crippen molar-refractivity contribution in [1.29, 1.82) is 0 Å². The topological polar surface area (TPSA) is 44.8 Å². The molecule has 4 unspecified atom stereocenters. The molecule has 1 spiro atoms. The van der Waals surface area contributed by atoms with E-state index in [1.54, 1.807) is 11.6 Å². The first-order valence-corrected chi connectivity index (χ1v) is 12.8. The molecule has 4 aliphatic carbocycles. The molecule has 0 aromatic heterocycles. The van der Waals surface area contributed by atoms with E-state index in [1.807, 2.05) is 0 Å². The van der Waals surface area contributed by atoms with E-state index in [0.29, 0.717) is 17.4 Å². The Morgan fingerprint density at radius 3 is 2.68 bits per heavy atom. The van der Waals surface area contributed by atoms with Crippen molar-refractivity contribution in [3.8, 4) is 0 Å². The van der Waals surface area contributed by atoms with Gasteiger partial charge in [0, 0.05) is 18.1 Å². The van der Waals surface area contributed by atoms with Crippen LogP contribution >= 0.6 is 0 Å². The van der Waals surface area contributed by atoms with Gasteiger partial charge in [-0.05, 0) is 99.9 Å². The lowest BCUT2D eigenvalue weighted by atomic mass is 9.47. The van der Waals surface area contributed by atoms with Crippen LogP contribution in [0.2, 0.25) is 0 Å². The molecule has 6 rings (SSSR count). The van der Waals surface area contributed by atoms with E-state index in [4.69, 9.17) is 14.2 Å². The number of carbonyl (C=O) groups excluding carboxylic acids is 1. The van der Waals surface area contributed by atoms with Crippen LogP contribution in [0.1, 0.15) is 84.5 Å². The predicted octanol–water partition coefficient (Wildman–Crippen LogP) is 5.71. The molecule has 8 atom stereocenters. The molecule has 4 heteroatoms. The van der Waals surface area contributed by atoms with Gasteiger partial charge in [-0.25, -0.2) is 4.79 Å². The molecule has 6 aliphatic rings. The average molecular weight is 427 g/mol. The van der Waals surface area contributed by atoms with Crippen LogP contribution < -0.4 is 0 Å². The molecule has 3 saturated carbocycles. The summed E-state index contributed by atoms with van der Waals surface area (Å²) in [6.07, 6.45) is 19.5. The highest BCUT2D eigenvalue weighted by Crippen LogP contribution is 2.68. The first-order valence-electron chi connectivity index (χ1n) is 12.8. The van der Waals surface area contributed by atoms with Crippen molar-refractivity contribution in [3.63, 3.8) is 0 Å². The maximum Gasteiger partial charge on any atom is 0.331 e. The number of rotatable bonds is 2. The lowest BCUT2D eigenvalue weighted by Crippen LogP contribution is -2.54. The lowest BCUT2D eigenvalue weighted by molar-refractivity contribution is -0.195. The van der Waals surface area contributed by atoms with Crippen molar-refractivity contribution in [2.24, 2.45) is 28.6 Å². The van der Waals surface area contributed by atoms with E-state index in [-0.39, 0.29) is 23.3 Å². The lowest BCUT2D eigenvalue weighted by Gasteiger charge is -2.59.